The van der Waals surface area contributed by atoms with Gasteiger partial charge in [0.2, 0.25) is 0 Å². The van der Waals surface area contributed by atoms with E-state index in [2.05, 4.69) is 10.6 Å². The third-order valence-corrected chi connectivity index (χ3v) is 6.50. The first-order chi connectivity index (χ1) is 15.1. The molecule has 5 rings (SSSR count). The van der Waals surface area contributed by atoms with E-state index in [9.17, 15) is 14.0 Å². The molecule has 1 saturated carbocycles. The van der Waals surface area contributed by atoms with Crippen LogP contribution in [0.5, 0.6) is 5.75 Å². The Kier molecular flexibility index (Phi) is 5.14. The van der Waals surface area contributed by atoms with E-state index in [1.165, 1.54) is 0 Å². The largest absolute Gasteiger partial charge is 0.486 e. The maximum atomic E-state index is 13.9. The van der Waals surface area contributed by atoms with E-state index in [4.69, 9.17) is 9.47 Å². The summed E-state index contributed by atoms with van der Waals surface area (Å²) in [5, 5.41) is 5.85. The number of halogens is 1. The van der Waals surface area contributed by atoms with Crippen molar-refractivity contribution in [3.63, 3.8) is 0 Å². The van der Waals surface area contributed by atoms with Crippen LogP contribution in [0.15, 0.2) is 42.5 Å². The summed E-state index contributed by atoms with van der Waals surface area (Å²) in [6.07, 6.45) is -0.746. The highest BCUT2D eigenvalue weighted by Crippen LogP contribution is 2.46. The Morgan fingerprint density at radius 2 is 1.84 bits per heavy atom. The van der Waals surface area contributed by atoms with Crippen molar-refractivity contribution >= 4 is 11.8 Å². The van der Waals surface area contributed by atoms with Gasteiger partial charge >= 0.3 is 0 Å². The number of benzene rings is 2. The van der Waals surface area contributed by atoms with E-state index in [0.29, 0.717) is 48.5 Å². The minimum atomic E-state index is -0.746. The van der Waals surface area contributed by atoms with Gasteiger partial charge in [-0.15, -0.1) is 0 Å². The van der Waals surface area contributed by atoms with Crippen LogP contribution in [0.1, 0.15) is 44.7 Å². The van der Waals surface area contributed by atoms with Crippen molar-refractivity contribution in [2.45, 2.75) is 25.0 Å². The zero-order chi connectivity index (χ0) is 21.5. The molecule has 2 aromatic carbocycles. The fourth-order valence-electron chi connectivity index (χ4n) is 4.85. The second kappa shape index (κ2) is 7.96. The van der Waals surface area contributed by atoms with Gasteiger partial charge in [0.25, 0.3) is 11.8 Å². The van der Waals surface area contributed by atoms with E-state index in [0.717, 1.165) is 5.56 Å². The molecular weight excluding hydrogens is 399 g/mol. The third kappa shape index (κ3) is 3.47. The predicted octanol–water partition coefficient (Wildman–Crippen LogP) is 2.67. The van der Waals surface area contributed by atoms with Gasteiger partial charge in [-0.25, -0.2) is 4.39 Å². The Bertz CT molecular complexity index is 1000. The fourth-order valence-corrected chi connectivity index (χ4v) is 4.85. The van der Waals surface area contributed by atoms with Crippen LogP contribution in [-0.4, -0.2) is 50.4 Å². The highest BCUT2D eigenvalue weighted by atomic mass is 19.1. The van der Waals surface area contributed by atoms with Crippen molar-refractivity contribution in [1.29, 1.82) is 0 Å². The molecule has 2 N–H and O–H groups in total. The Morgan fingerprint density at radius 1 is 1.10 bits per heavy atom. The minimum Gasteiger partial charge on any atom is -0.486 e. The average Bonchev–Trinajstić information content (AvgIpc) is 3.13. The maximum absolute atomic E-state index is 13.9. The number of carbonyl (C=O) groups excluding carboxylic acids is 2. The lowest BCUT2D eigenvalue weighted by molar-refractivity contribution is 0.0928. The van der Waals surface area contributed by atoms with Gasteiger partial charge in [0, 0.05) is 35.5 Å². The second-order valence-corrected chi connectivity index (χ2v) is 8.36. The van der Waals surface area contributed by atoms with E-state index < -0.39 is 18.7 Å². The van der Waals surface area contributed by atoms with E-state index in [-0.39, 0.29) is 23.4 Å². The molecule has 162 valence electrons. The van der Waals surface area contributed by atoms with Crippen molar-refractivity contribution in [2.24, 2.45) is 11.8 Å². The lowest BCUT2D eigenvalue weighted by Crippen LogP contribution is -2.30. The molecule has 7 heteroatoms. The number of amides is 2. The lowest BCUT2D eigenvalue weighted by Gasteiger charge is -2.16. The molecule has 2 amide bonds. The van der Waals surface area contributed by atoms with Crippen molar-refractivity contribution in [3.05, 3.63) is 64.7 Å². The molecule has 0 aromatic heterocycles. The van der Waals surface area contributed by atoms with Crippen molar-refractivity contribution < 1.29 is 23.5 Å². The molecule has 1 saturated heterocycles. The molecule has 6 nitrogen and oxygen atoms in total. The molecule has 3 unspecified atom stereocenters. The number of fused-ring (bicyclic) bond motifs is 2. The molecule has 0 spiro atoms. The fraction of sp³-hybridized carbons (Fsp3) is 0.417. The first-order valence-corrected chi connectivity index (χ1v) is 10.7. The van der Waals surface area contributed by atoms with E-state index in [1.807, 2.05) is 37.3 Å². The van der Waals surface area contributed by atoms with Gasteiger partial charge in [-0.05, 0) is 24.6 Å². The van der Waals surface area contributed by atoms with Crippen LogP contribution >= 0.6 is 0 Å². The molecule has 2 fully saturated rings. The van der Waals surface area contributed by atoms with Crippen LogP contribution in [0.2, 0.25) is 0 Å². The lowest BCUT2D eigenvalue weighted by atomic mass is 9.86. The zero-order valence-corrected chi connectivity index (χ0v) is 17.3. The zero-order valence-electron chi connectivity index (χ0n) is 17.3. The number of ether oxygens (including phenoxy) is 2. The summed E-state index contributed by atoms with van der Waals surface area (Å²) in [7, 11) is 0. The van der Waals surface area contributed by atoms with Gasteiger partial charge in [0.15, 0.2) is 0 Å². The Balaban J connectivity index is 1.54. The van der Waals surface area contributed by atoms with Gasteiger partial charge in [-0.3, -0.25) is 9.59 Å². The van der Waals surface area contributed by atoms with Crippen molar-refractivity contribution in [2.75, 3.05) is 26.4 Å². The molecule has 0 bridgehead atoms. The summed E-state index contributed by atoms with van der Waals surface area (Å²) in [6.45, 7) is 2.90. The predicted molar refractivity (Wildman–Crippen MR) is 112 cm³/mol. The quantitative estimate of drug-likeness (QED) is 0.748. The summed E-state index contributed by atoms with van der Waals surface area (Å²) < 4.78 is 25.3. The molecule has 2 aromatic rings. The highest BCUT2D eigenvalue weighted by molar-refractivity contribution is 6.02. The van der Waals surface area contributed by atoms with Gasteiger partial charge in [-0.2, -0.15) is 0 Å². The number of rotatable bonds is 6. The van der Waals surface area contributed by atoms with Crippen molar-refractivity contribution in [1.82, 2.24) is 10.6 Å². The first-order valence-electron chi connectivity index (χ1n) is 10.7. The summed E-state index contributed by atoms with van der Waals surface area (Å²) in [5.41, 5.74) is 2.20. The van der Waals surface area contributed by atoms with E-state index in [1.54, 1.807) is 12.1 Å². The van der Waals surface area contributed by atoms with Crippen LogP contribution in [0, 0.1) is 11.8 Å². The van der Waals surface area contributed by atoms with Crippen LogP contribution in [0.3, 0.4) is 0 Å². The molecule has 31 heavy (non-hydrogen) atoms. The molecular formula is C24H25FN2O4. The number of nitrogens with one attached hydrogen (secondary N) is 2. The number of hydrogen-bond donors (Lipinski definition) is 2. The first kappa shape index (κ1) is 20.0. The molecule has 5 atom stereocenters. The van der Waals surface area contributed by atoms with Gasteiger partial charge in [0.1, 0.15) is 18.5 Å². The number of alkyl halides is 1. The maximum Gasteiger partial charge on any atom is 0.255 e. The monoisotopic (exact) mass is 424 g/mol. The number of hydrogen-bond acceptors (Lipinski definition) is 4. The standard InChI is InChI=1S/C24H25FN2O4/c1-2-26-24(29)16-9-14(23(28)27-21-17-11-30-12-18(17)21)8-15-20(13-6-4-3-5-7-13)19(10-25)31-22(15)16/h3-9,17-21H,2,10-12H2,1H3,(H,26,29)(H,27,28)/t17-,18+,19?,20?,21?. The van der Waals surface area contributed by atoms with Gasteiger partial charge in [-0.1, -0.05) is 30.3 Å². The normalized spacial score (nSPS) is 27.7. The number of carbonyl (C=O) groups is 2. The van der Waals surface area contributed by atoms with Crippen LogP contribution in [0.25, 0.3) is 0 Å². The SMILES string of the molecule is CCNC(=O)c1cc(C(=O)NC2[C@H]3COC[C@@H]23)cc2c1OC(CF)C2c1ccccc1. The summed E-state index contributed by atoms with van der Waals surface area (Å²) >= 11 is 0. The molecule has 3 aliphatic rings. The molecule has 2 heterocycles. The molecule has 2 aliphatic heterocycles. The van der Waals surface area contributed by atoms with Crippen molar-refractivity contribution in [3.8, 4) is 5.75 Å². The second-order valence-electron chi connectivity index (χ2n) is 8.36. The van der Waals surface area contributed by atoms with Gasteiger partial charge in [0.05, 0.1) is 24.7 Å². The Labute approximate surface area is 180 Å². The highest BCUT2D eigenvalue weighted by Gasteiger charge is 2.54. The third-order valence-electron chi connectivity index (χ3n) is 6.50. The summed E-state index contributed by atoms with van der Waals surface area (Å²) in [4.78, 5) is 25.8. The van der Waals surface area contributed by atoms with Crippen LogP contribution < -0.4 is 15.4 Å². The van der Waals surface area contributed by atoms with Crippen LogP contribution in [-0.2, 0) is 4.74 Å². The Hall–Kier alpha value is -2.93. The van der Waals surface area contributed by atoms with Gasteiger partial charge < -0.3 is 20.1 Å². The summed E-state index contributed by atoms with van der Waals surface area (Å²) in [6, 6.07) is 12.9. The van der Waals surface area contributed by atoms with E-state index >= 15 is 0 Å². The average molecular weight is 424 g/mol. The molecule has 0 radical (unpaired) electrons. The Morgan fingerprint density at radius 3 is 2.52 bits per heavy atom. The smallest absolute Gasteiger partial charge is 0.255 e. The molecule has 1 aliphatic carbocycles. The topological polar surface area (TPSA) is 76.7 Å². The van der Waals surface area contributed by atoms with Crippen LogP contribution in [0.4, 0.5) is 4.39 Å². The summed E-state index contributed by atoms with van der Waals surface area (Å²) in [5.74, 6) is 0.140. The minimum absolute atomic E-state index is 0.113.